The summed E-state index contributed by atoms with van der Waals surface area (Å²) in [5, 5.41) is 7.34. The number of benzene rings is 2. The van der Waals surface area contributed by atoms with E-state index in [1.54, 1.807) is 25.3 Å². The van der Waals surface area contributed by atoms with E-state index in [1.165, 1.54) is 11.3 Å². The van der Waals surface area contributed by atoms with Gasteiger partial charge in [0.15, 0.2) is 10.9 Å². The summed E-state index contributed by atoms with van der Waals surface area (Å²) in [5.74, 6) is 1.07. The predicted molar refractivity (Wildman–Crippen MR) is 104 cm³/mol. The average Bonchev–Trinajstić information content (AvgIpc) is 3.31. The van der Waals surface area contributed by atoms with E-state index in [1.807, 2.05) is 30.3 Å². The first kappa shape index (κ1) is 17.0. The summed E-state index contributed by atoms with van der Waals surface area (Å²) in [6.45, 7) is 0.223. The van der Waals surface area contributed by atoms with Crippen LogP contribution in [0.3, 0.4) is 0 Å². The fourth-order valence-corrected chi connectivity index (χ4v) is 3.56. The lowest BCUT2D eigenvalue weighted by Crippen LogP contribution is -2.22. The van der Waals surface area contributed by atoms with Crippen LogP contribution in [0.1, 0.15) is 16.1 Å². The van der Waals surface area contributed by atoms with Crippen LogP contribution in [0, 0.1) is 0 Å². The van der Waals surface area contributed by atoms with Crippen molar-refractivity contribution in [2.45, 2.75) is 6.54 Å². The molecule has 136 valence electrons. The van der Waals surface area contributed by atoms with E-state index in [4.69, 9.17) is 15.0 Å². The molecule has 0 radical (unpaired) electrons. The Labute approximate surface area is 158 Å². The summed E-state index contributed by atoms with van der Waals surface area (Å²) in [4.78, 5) is 16.8. The number of nitrogens with two attached hydrogens (primary N) is 1. The Kier molecular flexibility index (Phi) is 4.47. The molecule has 0 saturated heterocycles. The van der Waals surface area contributed by atoms with Gasteiger partial charge in [0.2, 0.25) is 0 Å². The largest absolute Gasteiger partial charge is 0.497 e. The second-order valence-electron chi connectivity index (χ2n) is 5.80. The minimum Gasteiger partial charge on any atom is -0.497 e. The molecule has 4 rings (SSSR count). The normalized spacial score (nSPS) is 10.9. The summed E-state index contributed by atoms with van der Waals surface area (Å²) in [6.07, 6.45) is 0. The van der Waals surface area contributed by atoms with Gasteiger partial charge in [-0.2, -0.15) is 0 Å². The van der Waals surface area contributed by atoms with Crippen LogP contribution in [0.2, 0.25) is 0 Å². The number of hydrogen-bond acceptors (Lipinski definition) is 7. The third-order valence-corrected chi connectivity index (χ3v) is 4.96. The van der Waals surface area contributed by atoms with E-state index in [9.17, 15) is 4.79 Å². The molecule has 4 aromatic rings. The fraction of sp³-hybridized carbons (Fsp3) is 0.105. The molecule has 2 heterocycles. The predicted octanol–water partition coefficient (Wildman–Crippen LogP) is 3.47. The van der Waals surface area contributed by atoms with Gasteiger partial charge >= 0.3 is 0 Å². The summed E-state index contributed by atoms with van der Waals surface area (Å²) in [7, 11) is 1.61. The maximum Gasteiger partial charge on any atom is 0.253 e. The van der Waals surface area contributed by atoms with E-state index in [0.717, 1.165) is 16.0 Å². The number of aromatic nitrogens is 2. The number of nitrogen functional groups attached to an aromatic ring is 1. The minimum absolute atomic E-state index is 0.219. The molecule has 3 N–H and O–H groups in total. The van der Waals surface area contributed by atoms with Crippen molar-refractivity contribution in [3.05, 3.63) is 59.9 Å². The lowest BCUT2D eigenvalue weighted by molar-refractivity contribution is 0.0949. The molecule has 0 saturated carbocycles. The van der Waals surface area contributed by atoms with Gasteiger partial charge in [0.25, 0.3) is 5.91 Å². The Morgan fingerprint density at radius 3 is 2.96 bits per heavy atom. The summed E-state index contributed by atoms with van der Waals surface area (Å²) < 4.78 is 11.3. The third-order valence-electron chi connectivity index (χ3n) is 4.02. The standard InChI is InChI=1S/C19H16N4O3S/c1-25-12-5-2-4-11(8-12)16-9-13(26-23-16)10-21-18(24)14-6-3-7-15-17(14)27-19(20)22-15/h2-9H,10H2,1H3,(H2,20,22)(H,21,24). The van der Waals surface area contributed by atoms with Gasteiger partial charge in [-0.25, -0.2) is 4.98 Å². The van der Waals surface area contributed by atoms with Crippen LogP contribution >= 0.6 is 11.3 Å². The van der Waals surface area contributed by atoms with Gasteiger partial charge in [0, 0.05) is 11.6 Å². The molecule has 0 fully saturated rings. The molecule has 0 spiro atoms. The lowest BCUT2D eigenvalue weighted by atomic mass is 10.1. The van der Waals surface area contributed by atoms with Crippen LogP contribution in [0.25, 0.3) is 21.5 Å². The molecule has 0 aliphatic carbocycles. The van der Waals surface area contributed by atoms with Gasteiger partial charge in [-0.1, -0.05) is 34.7 Å². The van der Waals surface area contributed by atoms with Crippen LogP contribution in [-0.2, 0) is 6.54 Å². The minimum atomic E-state index is -0.219. The highest BCUT2D eigenvalue weighted by molar-refractivity contribution is 7.22. The van der Waals surface area contributed by atoms with Crippen molar-refractivity contribution in [1.29, 1.82) is 0 Å². The summed E-state index contributed by atoms with van der Waals surface area (Å²) in [6, 6.07) is 14.7. The number of ether oxygens (including phenoxy) is 1. The Morgan fingerprint density at radius 2 is 2.11 bits per heavy atom. The molecular weight excluding hydrogens is 364 g/mol. The highest BCUT2D eigenvalue weighted by Crippen LogP contribution is 2.27. The van der Waals surface area contributed by atoms with Crippen molar-refractivity contribution >= 4 is 32.6 Å². The number of rotatable bonds is 5. The first-order valence-electron chi connectivity index (χ1n) is 8.17. The molecule has 0 bridgehead atoms. The van der Waals surface area contributed by atoms with Gasteiger partial charge in [-0.05, 0) is 24.3 Å². The fourth-order valence-electron chi connectivity index (χ4n) is 2.72. The van der Waals surface area contributed by atoms with E-state index >= 15 is 0 Å². The Balaban J connectivity index is 1.49. The number of fused-ring (bicyclic) bond motifs is 1. The molecule has 7 nitrogen and oxygen atoms in total. The van der Waals surface area contributed by atoms with Crippen molar-refractivity contribution in [3.8, 4) is 17.0 Å². The van der Waals surface area contributed by atoms with Crippen LogP contribution in [0.15, 0.2) is 53.1 Å². The number of amides is 1. The van der Waals surface area contributed by atoms with E-state index in [-0.39, 0.29) is 12.5 Å². The quantitative estimate of drug-likeness (QED) is 0.549. The van der Waals surface area contributed by atoms with Crippen molar-refractivity contribution in [1.82, 2.24) is 15.5 Å². The third kappa shape index (κ3) is 3.47. The maximum atomic E-state index is 12.5. The molecule has 2 aromatic carbocycles. The monoisotopic (exact) mass is 380 g/mol. The Morgan fingerprint density at radius 1 is 1.26 bits per heavy atom. The Bertz CT molecular complexity index is 1120. The first-order valence-corrected chi connectivity index (χ1v) is 8.99. The highest BCUT2D eigenvalue weighted by atomic mass is 32.1. The zero-order chi connectivity index (χ0) is 18.8. The van der Waals surface area contributed by atoms with E-state index in [0.29, 0.717) is 27.7 Å². The molecule has 0 unspecified atom stereocenters. The number of anilines is 1. The molecule has 8 heteroatoms. The van der Waals surface area contributed by atoms with E-state index in [2.05, 4.69) is 15.5 Å². The Hall–Kier alpha value is -3.39. The van der Waals surface area contributed by atoms with Crippen LogP contribution < -0.4 is 15.8 Å². The summed E-state index contributed by atoms with van der Waals surface area (Å²) >= 11 is 1.29. The molecule has 0 aliphatic heterocycles. The number of carbonyl (C=O) groups excluding carboxylic acids is 1. The van der Waals surface area contributed by atoms with Crippen molar-refractivity contribution in [2.24, 2.45) is 0 Å². The molecular formula is C19H16N4O3S. The van der Waals surface area contributed by atoms with Crippen molar-refractivity contribution in [2.75, 3.05) is 12.8 Å². The van der Waals surface area contributed by atoms with Crippen LogP contribution in [0.4, 0.5) is 5.13 Å². The maximum absolute atomic E-state index is 12.5. The zero-order valence-electron chi connectivity index (χ0n) is 14.4. The first-order chi connectivity index (χ1) is 13.1. The second-order valence-corrected chi connectivity index (χ2v) is 6.83. The van der Waals surface area contributed by atoms with Gasteiger partial charge in [0.05, 0.1) is 29.4 Å². The van der Waals surface area contributed by atoms with Crippen LogP contribution in [-0.4, -0.2) is 23.2 Å². The highest BCUT2D eigenvalue weighted by Gasteiger charge is 2.14. The smallest absolute Gasteiger partial charge is 0.253 e. The van der Waals surface area contributed by atoms with Gasteiger partial charge in [0.1, 0.15) is 11.4 Å². The van der Waals surface area contributed by atoms with Crippen LogP contribution in [0.5, 0.6) is 5.75 Å². The number of nitrogens with zero attached hydrogens (tertiary/aromatic N) is 2. The summed E-state index contributed by atoms with van der Waals surface area (Å²) in [5.41, 5.74) is 8.55. The average molecular weight is 380 g/mol. The topological polar surface area (TPSA) is 103 Å². The van der Waals surface area contributed by atoms with Crippen molar-refractivity contribution in [3.63, 3.8) is 0 Å². The molecule has 0 atom stereocenters. The SMILES string of the molecule is COc1cccc(-c2cc(CNC(=O)c3cccc4nc(N)sc34)on2)c1. The lowest BCUT2D eigenvalue weighted by Gasteiger charge is -2.03. The van der Waals surface area contributed by atoms with E-state index < -0.39 is 0 Å². The second kappa shape index (κ2) is 7.08. The number of hydrogen-bond donors (Lipinski definition) is 2. The van der Waals surface area contributed by atoms with Gasteiger partial charge in [-0.3, -0.25) is 4.79 Å². The molecule has 0 aliphatic rings. The van der Waals surface area contributed by atoms with Crippen molar-refractivity contribution < 1.29 is 14.1 Å². The van der Waals surface area contributed by atoms with Gasteiger partial charge in [-0.15, -0.1) is 0 Å². The number of carbonyl (C=O) groups is 1. The number of methoxy groups -OCH3 is 1. The molecule has 27 heavy (non-hydrogen) atoms. The molecule has 2 aromatic heterocycles. The number of thiazole rings is 1. The molecule has 1 amide bonds. The number of nitrogens with one attached hydrogen (secondary N) is 1. The zero-order valence-corrected chi connectivity index (χ0v) is 15.2. The van der Waals surface area contributed by atoms with Gasteiger partial charge < -0.3 is 20.3 Å².